The van der Waals surface area contributed by atoms with Gasteiger partial charge in [0.2, 0.25) is 0 Å². The Hall–Kier alpha value is 0.250. The molecule has 2 atom stereocenters. The summed E-state index contributed by atoms with van der Waals surface area (Å²) in [6.07, 6.45) is 2.11. The van der Waals surface area contributed by atoms with Crippen LogP contribution >= 0.6 is 11.6 Å². The van der Waals surface area contributed by atoms with Crippen LogP contribution in [0.1, 0.15) is 47.5 Å². The van der Waals surface area contributed by atoms with Crippen LogP contribution in [0.5, 0.6) is 0 Å². The zero-order valence-corrected chi connectivity index (χ0v) is 10.5. The van der Waals surface area contributed by atoms with Crippen molar-refractivity contribution in [2.45, 2.75) is 58.4 Å². The Bertz CT molecular complexity index is 136. The first-order valence-electron chi connectivity index (χ1n) is 5.03. The number of hydrogen-bond acceptors (Lipinski definition) is 1. The van der Waals surface area contributed by atoms with Crippen LogP contribution in [0.2, 0.25) is 0 Å². The summed E-state index contributed by atoms with van der Waals surface area (Å²) >= 11 is 6.43. The summed E-state index contributed by atoms with van der Waals surface area (Å²) < 4.78 is 5.53. The van der Waals surface area contributed by atoms with E-state index in [0.29, 0.717) is 0 Å². The average molecular weight is 207 g/mol. The molecule has 2 heteroatoms. The van der Waals surface area contributed by atoms with E-state index >= 15 is 0 Å². The van der Waals surface area contributed by atoms with Crippen molar-refractivity contribution in [3.05, 3.63) is 0 Å². The van der Waals surface area contributed by atoms with Gasteiger partial charge in [0.25, 0.3) is 0 Å². The summed E-state index contributed by atoms with van der Waals surface area (Å²) in [5.74, 6) is 0. The molecule has 0 fully saturated rings. The van der Waals surface area contributed by atoms with Crippen LogP contribution in [0.15, 0.2) is 0 Å². The minimum absolute atomic E-state index is 0.108. The molecule has 0 saturated carbocycles. The van der Waals surface area contributed by atoms with E-state index < -0.39 is 0 Å². The second-order valence-corrected chi connectivity index (χ2v) is 5.45. The lowest BCUT2D eigenvalue weighted by Gasteiger charge is -2.41. The summed E-state index contributed by atoms with van der Waals surface area (Å²) in [4.78, 5) is -0.256. The third kappa shape index (κ3) is 3.14. The number of hydrogen-bond donors (Lipinski definition) is 0. The first kappa shape index (κ1) is 13.2. The molecule has 0 aromatic carbocycles. The van der Waals surface area contributed by atoms with Crippen molar-refractivity contribution in [3.63, 3.8) is 0 Å². The molecule has 80 valence electrons. The summed E-state index contributed by atoms with van der Waals surface area (Å²) in [6.45, 7) is 10.7. The van der Waals surface area contributed by atoms with Crippen LogP contribution < -0.4 is 0 Å². The van der Waals surface area contributed by atoms with E-state index in [-0.39, 0.29) is 16.4 Å². The number of methoxy groups -OCH3 is 1. The molecule has 0 aromatic rings. The Labute approximate surface area is 87.8 Å². The Morgan fingerprint density at radius 2 is 1.62 bits per heavy atom. The molecular formula is C11H23ClO. The van der Waals surface area contributed by atoms with Crippen LogP contribution in [0.3, 0.4) is 0 Å². The van der Waals surface area contributed by atoms with E-state index in [0.717, 1.165) is 12.8 Å². The largest absolute Gasteiger partial charge is 0.379 e. The molecule has 0 heterocycles. The van der Waals surface area contributed by atoms with E-state index in [1.54, 1.807) is 7.11 Å². The Kier molecular flexibility index (Phi) is 4.74. The van der Waals surface area contributed by atoms with Gasteiger partial charge >= 0.3 is 0 Å². The Balaban J connectivity index is 4.69. The molecule has 0 aliphatic carbocycles. The van der Waals surface area contributed by atoms with Crippen LogP contribution in [-0.2, 0) is 4.74 Å². The van der Waals surface area contributed by atoms with Crippen LogP contribution in [-0.4, -0.2) is 18.1 Å². The van der Waals surface area contributed by atoms with Gasteiger partial charge in [0, 0.05) is 7.11 Å². The van der Waals surface area contributed by atoms with Gasteiger partial charge in [-0.15, -0.1) is 11.6 Å². The van der Waals surface area contributed by atoms with E-state index in [2.05, 4.69) is 34.6 Å². The van der Waals surface area contributed by atoms with E-state index in [1.807, 2.05) is 0 Å². The minimum atomic E-state index is -0.256. The molecule has 0 N–H and O–H groups in total. The predicted octanol–water partition coefficient (Wildman–Crippen LogP) is 3.85. The lowest BCUT2D eigenvalue weighted by atomic mass is 9.77. The average Bonchev–Trinajstić information content (AvgIpc) is 2.05. The zero-order chi connectivity index (χ0) is 10.7. The molecule has 1 unspecified atom stereocenters. The molecule has 0 amide bonds. The van der Waals surface area contributed by atoms with Gasteiger partial charge in [0.15, 0.2) is 0 Å². The summed E-state index contributed by atoms with van der Waals surface area (Å²) in [5.41, 5.74) is 0.140. The molecule has 0 spiro atoms. The normalized spacial score (nSPS) is 19.6. The molecule has 1 nitrogen and oxygen atoms in total. The van der Waals surface area contributed by atoms with Crippen molar-refractivity contribution in [1.82, 2.24) is 0 Å². The lowest BCUT2D eigenvalue weighted by molar-refractivity contribution is -0.0224. The number of rotatable bonds is 5. The van der Waals surface area contributed by atoms with Gasteiger partial charge < -0.3 is 4.74 Å². The second-order valence-electron chi connectivity index (χ2n) is 4.59. The van der Waals surface area contributed by atoms with Crippen LogP contribution in [0.4, 0.5) is 0 Å². The highest BCUT2D eigenvalue weighted by Gasteiger charge is 2.40. The van der Waals surface area contributed by atoms with Crippen molar-refractivity contribution >= 4 is 11.6 Å². The van der Waals surface area contributed by atoms with Crippen LogP contribution in [0.25, 0.3) is 0 Å². The number of ether oxygens (including phenoxy) is 1. The van der Waals surface area contributed by atoms with Gasteiger partial charge in [-0.2, -0.15) is 0 Å². The fourth-order valence-electron chi connectivity index (χ4n) is 1.75. The van der Waals surface area contributed by atoms with Gasteiger partial charge in [0.1, 0.15) is 0 Å². The van der Waals surface area contributed by atoms with Crippen molar-refractivity contribution in [1.29, 1.82) is 0 Å². The van der Waals surface area contributed by atoms with E-state index in [1.165, 1.54) is 0 Å². The van der Waals surface area contributed by atoms with Gasteiger partial charge in [-0.25, -0.2) is 0 Å². The molecule has 0 aliphatic heterocycles. The second kappa shape index (κ2) is 4.65. The number of alkyl halides is 1. The van der Waals surface area contributed by atoms with Gasteiger partial charge in [0.05, 0.1) is 11.0 Å². The number of halogens is 1. The van der Waals surface area contributed by atoms with Crippen molar-refractivity contribution < 1.29 is 4.74 Å². The highest BCUT2D eigenvalue weighted by Crippen LogP contribution is 2.39. The zero-order valence-electron chi connectivity index (χ0n) is 9.78. The first-order chi connectivity index (χ1) is 5.81. The molecule has 0 rings (SSSR count). The van der Waals surface area contributed by atoms with Crippen molar-refractivity contribution in [3.8, 4) is 0 Å². The van der Waals surface area contributed by atoms with E-state index in [4.69, 9.17) is 16.3 Å². The maximum atomic E-state index is 6.43. The molecular weight excluding hydrogens is 184 g/mol. The topological polar surface area (TPSA) is 9.23 Å². The Morgan fingerprint density at radius 3 is 1.85 bits per heavy atom. The molecule has 13 heavy (non-hydrogen) atoms. The lowest BCUT2D eigenvalue weighted by Crippen LogP contribution is -2.45. The standard InChI is InChI=1S/C11H23ClO/c1-7-10(3,4)9(13-6)11(5,12)8-2/h9H,7-8H2,1-6H3/t9?,11-/m0/s1. The highest BCUT2D eigenvalue weighted by atomic mass is 35.5. The monoisotopic (exact) mass is 206 g/mol. The quantitative estimate of drug-likeness (QED) is 0.621. The maximum Gasteiger partial charge on any atom is 0.0810 e. The fourth-order valence-corrected chi connectivity index (χ4v) is 2.13. The molecule has 0 aromatic heterocycles. The predicted molar refractivity (Wildman–Crippen MR) is 59.4 cm³/mol. The molecule has 0 saturated heterocycles. The Morgan fingerprint density at radius 1 is 1.15 bits per heavy atom. The van der Waals surface area contributed by atoms with Gasteiger partial charge in [-0.1, -0.05) is 27.7 Å². The maximum absolute atomic E-state index is 6.43. The molecule has 0 bridgehead atoms. The van der Waals surface area contributed by atoms with E-state index in [9.17, 15) is 0 Å². The minimum Gasteiger partial charge on any atom is -0.379 e. The van der Waals surface area contributed by atoms with Crippen molar-refractivity contribution in [2.24, 2.45) is 5.41 Å². The highest BCUT2D eigenvalue weighted by molar-refractivity contribution is 6.24. The summed E-state index contributed by atoms with van der Waals surface area (Å²) in [7, 11) is 1.75. The van der Waals surface area contributed by atoms with Gasteiger partial charge in [-0.05, 0) is 25.2 Å². The smallest absolute Gasteiger partial charge is 0.0810 e. The van der Waals surface area contributed by atoms with Crippen LogP contribution in [0, 0.1) is 5.41 Å². The SMILES string of the molecule is CCC(C)(C)C(OC)[C@@](C)(Cl)CC. The fraction of sp³-hybridized carbons (Fsp3) is 1.00. The van der Waals surface area contributed by atoms with Crippen molar-refractivity contribution in [2.75, 3.05) is 7.11 Å². The third-order valence-electron chi connectivity index (χ3n) is 3.09. The molecule has 0 aliphatic rings. The summed E-state index contributed by atoms with van der Waals surface area (Å²) in [6, 6.07) is 0. The molecule has 0 radical (unpaired) electrons. The third-order valence-corrected chi connectivity index (χ3v) is 3.56. The summed E-state index contributed by atoms with van der Waals surface area (Å²) in [5, 5.41) is 0. The first-order valence-corrected chi connectivity index (χ1v) is 5.41. The van der Waals surface area contributed by atoms with Gasteiger partial charge in [-0.3, -0.25) is 0 Å².